The van der Waals surface area contributed by atoms with Crippen LogP contribution in [-0.2, 0) is 6.18 Å². The number of hydrogen-bond acceptors (Lipinski definition) is 4. The molecule has 5 nitrogen and oxygen atoms in total. The molecule has 0 saturated heterocycles. The molecule has 35 heavy (non-hydrogen) atoms. The van der Waals surface area contributed by atoms with Gasteiger partial charge in [0.1, 0.15) is 11.5 Å². The first-order valence-corrected chi connectivity index (χ1v) is 10.7. The summed E-state index contributed by atoms with van der Waals surface area (Å²) in [6.07, 6.45) is -4.50. The summed E-state index contributed by atoms with van der Waals surface area (Å²) >= 11 is 0. The van der Waals surface area contributed by atoms with Crippen molar-refractivity contribution in [2.45, 2.75) is 6.18 Å². The number of amidine groups is 1. The molecule has 1 aliphatic rings. The van der Waals surface area contributed by atoms with Crippen LogP contribution in [0.1, 0.15) is 11.1 Å². The van der Waals surface area contributed by atoms with Crippen molar-refractivity contribution in [2.75, 3.05) is 12.1 Å². The Labute approximate surface area is 199 Å². The highest BCUT2D eigenvalue weighted by Gasteiger charge is 2.33. The topological polar surface area (TPSA) is 59.2 Å². The maximum absolute atomic E-state index is 13.4. The molecule has 0 saturated carbocycles. The Kier molecular flexibility index (Phi) is 5.56. The molecule has 0 aromatic heterocycles. The fraction of sp³-hybridized carbons (Fsp3) is 0.0741. The number of aliphatic imine (C=N–C) groups is 1. The Hall–Kier alpha value is -4.46. The Morgan fingerprint density at radius 1 is 0.771 bits per heavy atom. The van der Waals surface area contributed by atoms with Crippen molar-refractivity contribution in [2.24, 2.45) is 4.99 Å². The van der Waals surface area contributed by atoms with Crippen LogP contribution in [0.5, 0.6) is 11.5 Å². The average Bonchev–Trinajstić information content (AvgIpc) is 2.88. The van der Waals surface area contributed by atoms with E-state index < -0.39 is 11.7 Å². The van der Waals surface area contributed by atoms with Gasteiger partial charge >= 0.3 is 6.18 Å². The Balaban J connectivity index is 1.55. The van der Waals surface area contributed by atoms with E-state index in [9.17, 15) is 18.3 Å². The summed E-state index contributed by atoms with van der Waals surface area (Å²) in [6.45, 7) is 0. The molecule has 0 unspecified atom stereocenters. The van der Waals surface area contributed by atoms with Gasteiger partial charge in [0.05, 0.1) is 29.7 Å². The number of anilines is 2. The number of aromatic hydroxyl groups is 1. The highest BCUT2D eigenvalue weighted by Crippen LogP contribution is 2.41. The van der Waals surface area contributed by atoms with Crippen LogP contribution < -0.4 is 15.2 Å². The monoisotopic (exact) mass is 474 g/mol. The minimum Gasteiger partial charge on any atom is -0.508 e. The smallest absolute Gasteiger partial charge is 0.416 e. The zero-order chi connectivity index (χ0) is 24.6. The van der Waals surface area contributed by atoms with Gasteiger partial charge in [0.2, 0.25) is 0 Å². The Morgan fingerprint density at radius 2 is 1.37 bits per heavy atom. The molecule has 175 valence electrons. The number of rotatable bonds is 4. The summed E-state index contributed by atoms with van der Waals surface area (Å²) in [6, 6.07) is 24.6. The van der Waals surface area contributed by atoms with Crippen molar-refractivity contribution in [3.63, 3.8) is 0 Å². The number of methoxy groups -OCH3 is 1. The van der Waals surface area contributed by atoms with Gasteiger partial charge in [-0.25, -0.2) is 10.0 Å². The lowest BCUT2D eigenvalue weighted by Crippen LogP contribution is -2.35. The van der Waals surface area contributed by atoms with Gasteiger partial charge in [0, 0.05) is 5.56 Å². The molecule has 1 aliphatic heterocycles. The first-order chi connectivity index (χ1) is 16.8. The highest BCUT2D eigenvalue weighted by atomic mass is 19.4. The highest BCUT2D eigenvalue weighted by molar-refractivity contribution is 6.04. The molecule has 1 radical (unpaired) electrons. The third-order valence-corrected chi connectivity index (χ3v) is 5.61. The van der Waals surface area contributed by atoms with Crippen LogP contribution in [0, 0.1) is 0 Å². The summed E-state index contributed by atoms with van der Waals surface area (Å²) in [7, 11) is 1.60. The first-order valence-electron chi connectivity index (χ1n) is 10.7. The van der Waals surface area contributed by atoms with E-state index in [1.807, 2.05) is 36.4 Å². The van der Waals surface area contributed by atoms with E-state index in [1.165, 1.54) is 23.2 Å². The van der Waals surface area contributed by atoms with Crippen molar-refractivity contribution >= 4 is 22.9 Å². The van der Waals surface area contributed by atoms with Crippen LogP contribution in [0.25, 0.3) is 11.1 Å². The normalized spacial score (nSPS) is 13.0. The number of benzene rings is 4. The van der Waals surface area contributed by atoms with E-state index >= 15 is 0 Å². The van der Waals surface area contributed by atoms with Gasteiger partial charge < -0.3 is 9.84 Å². The van der Waals surface area contributed by atoms with Crippen LogP contribution in [0.2, 0.25) is 0 Å². The fourth-order valence-corrected chi connectivity index (χ4v) is 3.76. The maximum atomic E-state index is 13.4. The number of phenolic OH excluding ortho intramolecular Hbond substituents is 1. The van der Waals surface area contributed by atoms with Crippen LogP contribution in [0.3, 0.4) is 0 Å². The summed E-state index contributed by atoms with van der Waals surface area (Å²) < 4.78 is 45.5. The van der Waals surface area contributed by atoms with Crippen LogP contribution in [0.4, 0.5) is 30.2 Å². The molecule has 4 aromatic rings. The molecule has 0 bridgehead atoms. The number of hydrogen-bond donors (Lipinski definition) is 1. The second-order valence-electron chi connectivity index (χ2n) is 7.87. The number of alkyl halides is 3. The van der Waals surface area contributed by atoms with Crippen molar-refractivity contribution < 1.29 is 23.0 Å². The summed E-state index contributed by atoms with van der Waals surface area (Å²) in [4.78, 5) is 4.47. The van der Waals surface area contributed by atoms with Crippen molar-refractivity contribution in [3.8, 4) is 22.6 Å². The zero-order valence-electron chi connectivity index (χ0n) is 18.5. The summed E-state index contributed by atoms with van der Waals surface area (Å²) in [5.41, 5.74) is 7.46. The molecule has 0 atom stereocenters. The molecule has 0 fully saturated rings. The van der Waals surface area contributed by atoms with Crippen molar-refractivity contribution in [3.05, 3.63) is 102 Å². The van der Waals surface area contributed by atoms with E-state index in [2.05, 4.69) is 10.4 Å². The minimum atomic E-state index is -4.50. The molecule has 1 N–H and O–H groups in total. The van der Waals surface area contributed by atoms with Crippen LogP contribution in [-0.4, -0.2) is 18.1 Å². The van der Waals surface area contributed by atoms with E-state index in [-0.39, 0.29) is 11.4 Å². The van der Waals surface area contributed by atoms with Gasteiger partial charge in [-0.3, -0.25) is 0 Å². The summed E-state index contributed by atoms with van der Waals surface area (Å²) in [5, 5.41) is 11.1. The lowest BCUT2D eigenvalue weighted by atomic mass is 10.0. The molecular weight excluding hydrogens is 455 g/mol. The number of phenols is 1. The number of nitrogens with zero attached hydrogens (tertiary/aromatic N) is 3. The van der Waals surface area contributed by atoms with E-state index in [4.69, 9.17) is 4.74 Å². The number of fused-ring (bicyclic) bond motifs is 1. The largest absolute Gasteiger partial charge is 0.508 e. The first kappa shape index (κ1) is 22.3. The molecule has 5 rings (SSSR count). The lowest BCUT2D eigenvalue weighted by Gasteiger charge is -2.29. The van der Waals surface area contributed by atoms with Crippen molar-refractivity contribution in [1.82, 2.24) is 5.43 Å². The van der Waals surface area contributed by atoms with E-state index in [0.29, 0.717) is 22.8 Å². The lowest BCUT2D eigenvalue weighted by molar-refractivity contribution is -0.137. The predicted octanol–water partition coefficient (Wildman–Crippen LogP) is 6.84. The standard InChI is InChI=1S/C27H19F3N3O2/c1-35-23-13-6-18(7-14-23)17-2-9-21(10-3-17)33-25-16-20(27(28,29)30)8-15-24(25)31-26(32-33)19-4-11-22(34)12-5-19/h2-16,34H,1H3. The summed E-state index contributed by atoms with van der Waals surface area (Å²) in [5.74, 6) is 1.15. The number of halogens is 3. The molecule has 0 aliphatic carbocycles. The van der Waals surface area contributed by atoms with E-state index in [1.54, 1.807) is 31.4 Å². The predicted molar refractivity (Wildman–Crippen MR) is 128 cm³/mol. The molecule has 1 heterocycles. The van der Waals surface area contributed by atoms with Gasteiger partial charge in [-0.2, -0.15) is 13.2 Å². The minimum absolute atomic E-state index is 0.0892. The molecule has 0 amide bonds. The second-order valence-corrected chi connectivity index (χ2v) is 7.87. The molecule has 8 heteroatoms. The van der Waals surface area contributed by atoms with Gasteiger partial charge in [0.25, 0.3) is 0 Å². The average molecular weight is 474 g/mol. The fourth-order valence-electron chi connectivity index (χ4n) is 3.76. The zero-order valence-corrected chi connectivity index (χ0v) is 18.5. The molecular formula is C27H19F3N3O2. The van der Waals surface area contributed by atoms with E-state index in [0.717, 1.165) is 29.0 Å². The van der Waals surface area contributed by atoms with Crippen LogP contribution >= 0.6 is 0 Å². The quantitative estimate of drug-likeness (QED) is 0.352. The Morgan fingerprint density at radius 3 is 1.97 bits per heavy atom. The third-order valence-electron chi connectivity index (χ3n) is 5.61. The van der Waals surface area contributed by atoms with Gasteiger partial charge in [-0.1, -0.05) is 24.3 Å². The maximum Gasteiger partial charge on any atom is 0.416 e. The number of ether oxygens (including phenoxy) is 1. The van der Waals surface area contributed by atoms with Gasteiger partial charge in [-0.15, -0.1) is 5.43 Å². The van der Waals surface area contributed by atoms with Gasteiger partial charge in [-0.05, 0) is 77.9 Å². The third kappa shape index (κ3) is 4.50. The van der Waals surface area contributed by atoms with Gasteiger partial charge in [0.15, 0.2) is 5.84 Å². The van der Waals surface area contributed by atoms with Crippen molar-refractivity contribution in [1.29, 1.82) is 0 Å². The van der Waals surface area contributed by atoms with Crippen LogP contribution in [0.15, 0.2) is 96.0 Å². The molecule has 4 aromatic carbocycles. The second kappa shape index (κ2) is 8.72. The Bertz CT molecular complexity index is 1380. The SMILES string of the molecule is COc1ccc(-c2ccc(N3[N]C(c4ccc(O)cc4)=Nc4ccc(C(F)(F)F)cc43)cc2)cc1. The molecule has 0 spiro atoms.